The van der Waals surface area contributed by atoms with Gasteiger partial charge in [-0.05, 0) is 37.3 Å². The van der Waals surface area contributed by atoms with Crippen molar-refractivity contribution >= 4 is 5.82 Å². The van der Waals surface area contributed by atoms with Crippen LogP contribution in [0.15, 0.2) is 12.1 Å². The van der Waals surface area contributed by atoms with E-state index in [4.69, 9.17) is 5.73 Å². The van der Waals surface area contributed by atoms with Crippen LogP contribution in [-0.4, -0.2) is 35.7 Å². The molecule has 18 heavy (non-hydrogen) atoms. The second-order valence-corrected chi connectivity index (χ2v) is 5.43. The van der Waals surface area contributed by atoms with Gasteiger partial charge < -0.3 is 11.1 Å². The number of halogens is 1. The molecule has 1 saturated carbocycles. The highest BCUT2D eigenvalue weighted by Gasteiger charge is 2.46. The molecule has 1 aromatic heterocycles. The molecule has 2 atom stereocenters. The Bertz CT molecular complexity index is 439. The zero-order valence-corrected chi connectivity index (χ0v) is 10.6. The number of aromatic nitrogens is 1. The van der Waals surface area contributed by atoms with Gasteiger partial charge in [-0.2, -0.15) is 0 Å². The van der Waals surface area contributed by atoms with Crippen molar-refractivity contribution in [3.05, 3.63) is 23.6 Å². The number of nitrogens with zero attached hydrogens (tertiary/aromatic N) is 2. The molecule has 0 radical (unpaired) electrons. The van der Waals surface area contributed by atoms with Crippen LogP contribution in [0.4, 0.5) is 10.2 Å². The highest BCUT2D eigenvalue weighted by molar-refractivity contribution is 5.40. The van der Waals surface area contributed by atoms with Crippen molar-refractivity contribution in [1.29, 1.82) is 0 Å². The number of anilines is 1. The predicted octanol–water partition coefficient (Wildman–Crippen LogP) is 1.18. The van der Waals surface area contributed by atoms with Gasteiger partial charge >= 0.3 is 0 Å². The molecule has 1 aromatic rings. The first kappa shape index (κ1) is 11.9. The van der Waals surface area contributed by atoms with Crippen molar-refractivity contribution in [3.8, 4) is 0 Å². The summed E-state index contributed by atoms with van der Waals surface area (Å²) < 4.78 is 13.7. The van der Waals surface area contributed by atoms with Gasteiger partial charge in [0.1, 0.15) is 0 Å². The molecule has 1 aliphatic carbocycles. The summed E-state index contributed by atoms with van der Waals surface area (Å²) in [6, 6.07) is 3.53. The van der Waals surface area contributed by atoms with Crippen LogP contribution in [0, 0.1) is 24.6 Å². The van der Waals surface area contributed by atoms with Crippen LogP contribution in [0.25, 0.3) is 0 Å². The van der Waals surface area contributed by atoms with Crippen LogP contribution in [-0.2, 0) is 0 Å². The molecule has 3 rings (SSSR count). The lowest BCUT2D eigenvalue weighted by Gasteiger charge is -2.53. The zero-order chi connectivity index (χ0) is 12.7. The first-order chi connectivity index (χ1) is 8.67. The number of hydrogen-bond donors (Lipinski definition) is 2. The van der Waals surface area contributed by atoms with Gasteiger partial charge in [0, 0.05) is 31.5 Å². The minimum atomic E-state index is -0.263. The molecule has 2 fully saturated rings. The summed E-state index contributed by atoms with van der Waals surface area (Å²) in [6.07, 6.45) is 1.22. The lowest BCUT2D eigenvalue weighted by Crippen LogP contribution is -2.62. The third-order valence-electron chi connectivity index (χ3n) is 4.15. The van der Waals surface area contributed by atoms with E-state index in [0.29, 0.717) is 30.4 Å². The molecule has 2 unspecified atom stereocenters. The molecule has 2 aliphatic rings. The molecule has 0 spiro atoms. The van der Waals surface area contributed by atoms with Gasteiger partial charge in [-0.3, -0.25) is 4.90 Å². The normalized spacial score (nSPS) is 30.9. The number of nitrogens with two attached hydrogens (primary N) is 1. The Kier molecular flexibility index (Phi) is 2.95. The number of aryl methyl sites for hydroxylation is 1. The van der Waals surface area contributed by atoms with Gasteiger partial charge in [-0.25, -0.2) is 9.37 Å². The van der Waals surface area contributed by atoms with Crippen molar-refractivity contribution in [2.75, 3.05) is 25.1 Å². The van der Waals surface area contributed by atoms with Crippen LogP contribution >= 0.6 is 0 Å². The lowest BCUT2D eigenvalue weighted by molar-refractivity contribution is 0.0132. The van der Waals surface area contributed by atoms with Crippen molar-refractivity contribution in [2.24, 2.45) is 17.6 Å². The fourth-order valence-corrected chi connectivity index (χ4v) is 3.17. The van der Waals surface area contributed by atoms with Gasteiger partial charge in [0.15, 0.2) is 11.6 Å². The fourth-order valence-electron chi connectivity index (χ4n) is 3.17. The van der Waals surface area contributed by atoms with Crippen molar-refractivity contribution < 1.29 is 4.39 Å². The number of piperidine rings is 2. The third kappa shape index (κ3) is 1.97. The predicted molar refractivity (Wildman–Crippen MR) is 68.6 cm³/mol. The van der Waals surface area contributed by atoms with E-state index in [1.54, 1.807) is 6.07 Å². The monoisotopic (exact) mass is 250 g/mol. The number of fused-ring (bicyclic) bond motifs is 2. The van der Waals surface area contributed by atoms with Crippen LogP contribution in [0.2, 0.25) is 0 Å². The average Bonchev–Trinajstić information content (AvgIpc) is 2.39. The Balaban J connectivity index is 1.70. The molecule has 0 amide bonds. The summed E-state index contributed by atoms with van der Waals surface area (Å²) in [4.78, 5) is 6.50. The largest absolute Gasteiger partial charge is 0.364 e. The number of hydrogen-bond acceptors (Lipinski definition) is 4. The maximum absolute atomic E-state index is 13.7. The molecule has 3 N–H and O–H groups in total. The molecule has 98 valence electrons. The Morgan fingerprint density at radius 2 is 2.17 bits per heavy atom. The van der Waals surface area contributed by atoms with E-state index >= 15 is 0 Å². The van der Waals surface area contributed by atoms with E-state index < -0.39 is 0 Å². The van der Waals surface area contributed by atoms with Gasteiger partial charge in [0.25, 0.3) is 0 Å². The van der Waals surface area contributed by atoms with Gasteiger partial charge in [0.2, 0.25) is 0 Å². The topological polar surface area (TPSA) is 54.2 Å². The summed E-state index contributed by atoms with van der Waals surface area (Å²) >= 11 is 0. The highest BCUT2D eigenvalue weighted by Crippen LogP contribution is 2.41. The van der Waals surface area contributed by atoms with Crippen LogP contribution in [0.3, 0.4) is 0 Å². The second kappa shape index (κ2) is 4.48. The Morgan fingerprint density at radius 1 is 1.44 bits per heavy atom. The smallest absolute Gasteiger partial charge is 0.165 e. The molecule has 5 heteroatoms. The van der Waals surface area contributed by atoms with E-state index in [1.807, 2.05) is 6.92 Å². The average molecular weight is 250 g/mol. The minimum absolute atomic E-state index is 0.263. The summed E-state index contributed by atoms with van der Waals surface area (Å²) in [7, 11) is 0. The Labute approximate surface area is 106 Å². The molecule has 4 nitrogen and oxygen atoms in total. The quantitative estimate of drug-likeness (QED) is 0.846. The van der Waals surface area contributed by atoms with Crippen molar-refractivity contribution in [3.63, 3.8) is 0 Å². The molecular weight excluding hydrogens is 231 g/mol. The zero-order valence-electron chi connectivity index (χ0n) is 10.6. The number of likely N-dealkylation sites (tertiary alicyclic amines) is 1. The lowest BCUT2D eigenvalue weighted by atomic mass is 9.66. The Morgan fingerprint density at radius 3 is 2.83 bits per heavy atom. The van der Waals surface area contributed by atoms with E-state index in [2.05, 4.69) is 15.2 Å². The number of nitrogens with one attached hydrogen (secondary N) is 1. The van der Waals surface area contributed by atoms with Crippen molar-refractivity contribution in [2.45, 2.75) is 19.4 Å². The molecule has 1 aliphatic heterocycles. The molecule has 2 bridgehead atoms. The van der Waals surface area contributed by atoms with E-state index in [-0.39, 0.29) is 5.82 Å². The maximum Gasteiger partial charge on any atom is 0.165 e. The fraction of sp³-hybridized carbons (Fsp3) is 0.615. The number of pyridine rings is 1. The Hall–Kier alpha value is -1.20. The summed E-state index contributed by atoms with van der Waals surface area (Å²) in [5.41, 5.74) is 6.50. The molecule has 0 aromatic carbocycles. The van der Waals surface area contributed by atoms with Gasteiger partial charge in [-0.1, -0.05) is 0 Å². The van der Waals surface area contributed by atoms with Gasteiger partial charge in [-0.15, -0.1) is 0 Å². The maximum atomic E-state index is 13.7. The summed E-state index contributed by atoms with van der Waals surface area (Å²) in [6.45, 7) is 4.52. The standard InChI is InChI=1S/C13H19FN4/c1-8-2-3-11(14)13(16-8)17-12-9-4-10(12)6-18(5-9)7-15/h2-3,9-10,12H,4-7,15H2,1H3,(H,16,17). The van der Waals surface area contributed by atoms with E-state index in [9.17, 15) is 4.39 Å². The second-order valence-electron chi connectivity index (χ2n) is 5.43. The van der Waals surface area contributed by atoms with Crippen molar-refractivity contribution in [1.82, 2.24) is 9.88 Å². The summed E-state index contributed by atoms with van der Waals surface area (Å²) in [5.74, 6) is 1.29. The first-order valence-corrected chi connectivity index (χ1v) is 6.49. The minimum Gasteiger partial charge on any atom is -0.364 e. The SMILES string of the molecule is Cc1ccc(F)c(NC2C3CC2CN(CN)C3)n1. The molecular formula is C13H19FN4. The van der Waals surface area contributed by atoms with Crippen LogP contribution in [0.1, 0.15) is 12.1 Å². The van der Waals surface area contributed by atoms with Crippen LogP contribution < -0.4 is 11.1 Å². The van der Waals surface area contributed by atoms with Gasteiger partial charge in [0.05, 0.1) is 0 Å². The van der Waals surface area contributed by atoms with E-state index in [1.165, 1.54) is 12.5 Å². The summed E-state index contributed by atoms with van der Waals surface area (Å²) in [5, 5.41) is 3.28. The van der Waals surface area contributed by atoms with E-state index in [0.717, 1.165) is 18.8 Å². The first-order valence-electron chi connectivity index (χ1n) is 6.49. The third-order valence-corrected chi connectivity index (χ3v) is 4.15. The molecule has 1 saturated heterocycles. The number of rotatable bonds is 3. The highest BCUT2D eigenvalue weighted by atomic mass is 19.1. The van der Waals surface area contributed by atoms with Crippen LogP contribution in [0.5, 0.6) is 0 Å². The molecule has 2 heterocycles.